The van der Waals surface area contributed by atoms with Crippen molar-refractivity contribution >= 4 is 17.4 Å². The van der Waals surface area contributed by atoms with Gasteiger partial charge >= 0.3 is 0 Å². The third-order valence-corrected chi connectivity index (χ3v) is 5.57. The van der Waals surface area contributed by atoms with Crippen LogP contribution in [-0.4, -0.2) is 71.1 Å². The summed E-state index contributed by atoms with van der Waals surface area (Å²) in [6.45, 7) is 8.41. The number of amides is 1. The molecule has 0 radical (unpaired) electrons. The number of pyridine rings is 1. The van der Waals surface area contributed by atoms with Crippen molar-refractivity contribution < 1.29 is 14.3 Å². The van der Waals surface area contributed by atoms with Crippen LogP contribution in [0.1, 0.15) is 38.5 Å². The van der Waals surface area contributed by atoms with Gasteiger partial charge in [0.1, 0.15) is 23.6 Å². The minimum Gasteiger partial charge on any atom is -0.489 e. The van der Waals surface area contributed by atoms with E-state index in [0.29, 0.717) is 25.7 Å². The highest BCUT2D eigenvalue weighted by Gasteiger charge is 2.24. The Morgan fingerprint density at radius 3 is 2.85 bits per heavy atom. The Morgan fingerprint density at radius 2 is 2.11 bits per heavy atom. The topological polar surface area (TPSA) is 70.7 Å². The van der Waals surface area contributed by atoms with E-state index in [-0.39, 0.29) is 12.2 Å². The monoisotopic (exact) mass is 372 g/mol. The Kier molecular flexibility index (Phi) is 5.31. The second-order valence-electron chi connectivity index (χ2n) is 7.74. The number of carbonyl (C=O) groups is 1. The van der Waals surface area contributed by atoms with Gasteiger partial charge in [-0.1, -0.05) is 0 Å². The van der Waals surface area contributed by atoms with Crippen LogP contribution in [0, 0.1) is 0 Å². The zero-order valence-corrected chi connectivity index (χ0v) is 16.1. The van der Waals surface area contributed by atoms with Crippen LogP contribution in [0.25, 0.3) is 11.0 Å². The molecule has 2 aromatic heterocycles. The van der Waals surface area contributed by atoms with Gasteiger partial charge in [0, 0.05) is 36.8 Å². The van der Waals surface area contributed by atoms with E-state index < -0.39 is 0 Å². The first-order valence-electron chi connectivity index (χ1n) is 9.82. The number of rotatable bonds is 5. The standard InChI is InChI=1S/C20H28N4O3/c1-14(2)24-5-3-16(4-6-24)27-17-9-15-10-18(22-20(15)21-11-17)19-12-23(13-25)7-8-26-19/h9-11,13-14,16,19H,3-8,12H2,1-2H3,(H,21,22). The molecule has 2 fully saturated rings. The number of aromatic amines is 1. The molecule has 4 heterocycles. The molecule has 146 valence electrons. The second-order valence-corrected chi connectivity index (χ2v) is 7.74. The van der Waals surface area contributed by atoms with Gasteiger partial charge in [0.25, 0.3) is 0 Å². The molecular formula is C20H28N4O3. The number of H-pyrrole nitrogens is 1. The second kappa shape index (κ2) is 7.86. The first kappa shape index (κ1) is 18.3. The zero-order valence-electron chi connectivity index (χ0n) is 16.1. The van der Waals surface area contributed by atoms with Gasteiger partial charge in [0.15, 0.2) is 0 Å². The summed E-state index contributed by atoms with van der Waals surface area (Å²) in [5.74, 6) is 0.815. The smallest absolute Gasteiger partial charge is 0.209 e. The summed E-state index contributed by atoms with van der Waals surface area (Å²) in [6.07, 6.45) is 4.88. The highest BCUT2D eigenvalue weighted by atomic mass is 16.5. The number of hydrogen-bond donors (Lipinski definition) is 1. The average Bonchev–Trinajstić information content (AvgIpc) is 3.12. The summed E-state index contributed by atoms with van der Waals surface area (Å²) < 4.78 is 12.0. The molecule has 0 aliphatic carbocycles. The van der Waals surface area contributed by atoms with Crippen LogP contribution < -0.4 is 4.74 Å². The van der Waals surface area contributed by atoms with Gasteiger partial charge in [-0.05, 0) is 38.8 Å². The summed E-state index contributed by atoms with van der Waals surface area (Å²) in [5, 5.41) is 1.01. The van der Waals surface area contributed by atoms with Crippen LogP contribution in [0.5, 0.6) is 5.75 Å². The van der Waals surface area contributed by atoms with Crippen LogP contribution in [0.4, 0.5) is 0 Å². The molecule has 2 saturated heterocycles. The van der Waals surface area contributed by atoms with Gasteiger partial charge in [-0.25, -0.2) is 4.98 Å². The zero-order chi connectivity index (χ0) is 18.8. The van der Waals surface area contributed by atoms with E-state index in [1.807, 2.05) is 6.07 Å². The van der Waals surface area contributed by atoms with Gasteiger partial charge in [-0.2, -0.15) is 0 Å². The lowest BCUT2D eigenvalue weighted by Crippen LogP contribution is -2.41. The molecule has 0 spiro atoms. The molecule has 4 rings (SSSR count). The van der Waals surface area contributed by atoms with Crippen molar-refractivity contribution in [1.82, 2.24) is 19.8 Å². The average molecular weight is 372 g/mol. The molecule has 7 heteroatoms. The number of nitrogens with one attached hydrogen (secondary N) is 1. The first-order valence-corrected chi connectivity index (χ1v) is 9.82. The Labute approximate surface area is 159 Å². The fraction of sp³-hybridized carbons (Fsp3) is 0.600. The third kappa shape index (κ3) is 4.09. The Balaban J connectivity index is 1.43. The number of ether oxygens (including phenoxy) is 2. The maximum absolute atomic E-state index is 11.0. The van der Waals surface area contributed by atoms with E-state index in [0.717, 1.165) is 54.8 Å². The van der Waals surface area contributed by atoms with Gasteiger partial charge in [-0.15, -0.1) is 0 Å². The number of aromatic nitrogens is 2. The maximum Gasteiger partial charge on any atom is 0.209 e. The molecule has 0 bridgehead atoms. The van der Waals surface area contributed by atoms with E-state index in [2.05, 4.69) is 34.8 Å². The largest absolute Gasteiger partial charge is 0.489 e. The van der Waals surface area contributed by atoms with Crippen molar-refractivity contribution in [2.75, 3.05) is 32.8 Å². The van der Waals surface area contributed by atoms with E-state index in [1.54, 1.807) is 11.1 Å². The van der Waals surface area contributed by atoms with Gasteiger partial charge in [0.05, 0.1) is 19.3 Å². The molecule has 2 aliphatic heterocycles. The van der Waals surface area contributed by atoms with Gasteiger partial charge in [0.2, 0.25) is 6.41 Å². The Hall–Kier alpha value is -2.12. The van der Waals surface area contributed by atoms with Crippen molar-refractivity contribution in [3.63, 3.8) is 0 Å². The fourth-order valence-electron chi connectivity index (χ4n) is 3.91. The number of likely N-dealkylation sites (tertiary alicyclic amines) is 1. The molecule has 27 heavy (non-hydrogen) atoms. The quantitative estimate of drug-likeness (QED) is 0.816. The van der Waals surface area contributed by atoms with Crippen molar-refractivity contribution in [1.29, 1.82) is 0 Å². The van der Waals surface area contributed by atoms with Crippen molar-refractivity contribution in [2.24, 2.45) is 0 Å². The van der Waals surface area contributed by atoms with Crippen molar-refractivity contribution in [2.45, 2.75) is 44.9 Å². The number of carbonyl (C=O) groups excluding carboxylic acids is 1. The normalized spacial score (nSPS) is 22.5. The number of hydrogen-bond acceptors (Lipinski definition) is 5. The maximum atomic E-state index is 11.0. The lowest BCUT2D eigenvalue weighted by atomic mass is 10.1. The first-order chi connectivity index (χ1) is 13.1. The molecule has 1 unspecified atom stereocenters. The molecule has 0 aromatic carbocycles. The predicted molar refractivity (Wildman–Crippen MR) is 103 cm³/mol. The molecule has 0 saturated carbocycles. The summed E-state index contributed by atoms with van der Waals surface area (Å²) >= 11 is 0. The van der Waals surface area contributed by atoms with Gasteiger partial charge < -0.3 is 24.3 Å². The molecule has 1 atom stereocenters. The van der Waals surface area contributed by atoms with Crippen LogP contribution in [0.15, 0.2) is 18.3 Å². The Bertz CT molecular complexity index is 783. The molecule has 2 aromatic rings. The van der Waals surface area contributed by atoms with Crippen molar-refractivity contribution in [3.05, 3.63) is 24.0 Å². The number of morpholine rings is 1. The molecule has 1 amide bonds. The minimum absolute atomic E-state index is 0.136. The van der Waals surface area contributed by atoms with Gasteiger partial charge in [-0.3, -0.25) is 4.79 Å². The Morgan fingerprint density at radius 1 is 1.30 bits per heavy atom. The lowest BCUT2D eigenvalue weighted by molar-refractivity contribution is -0.125. The van der Waals surface area contributed by atoms with Crippen LogP contribution >= 0.6 is 0 Å². The predicted octanol–water partition coefficient (Wildman–Crippen LogP) is 2.34. The summed E-state index contributed by atoms with van der Waals surface area (Å²) in [5.41, 5.74) is 1.77. The molecular weight excluding hydrogens is 344 g/mol. The minimum atomic E-state index is -0.136. The van der Waals surface area contributed by atoms with E-state index in [4.69, 9.17) is 9.47 Å². The lowest BCUT2D eigenvalue weighted by Gasteiger charge is -2.34. The van der Waals surface area contributed by atoms with Crippen LogP contribution in [0.2, 0.25) is 0 Å². The van der Waals surface area contributed by atoms with Crippen molar-refractivity contribution in [3.8, 4) is 5.75 Å². The molecule has 2 aliphatic rings. The van der Waals surface area contributed by atoms with E-state index in [9.17, 15) is 4.79 Å². The third-order valence-electron chi connectivity index (χ3n) is 5.57. The number of fused-ring (bicyclic) bond motifs is 1. The summed E-state index contributed by atoms with van der Waals surface area (Å²) in [4.78, 5) is 23.1. The summed E-state index contributed by atoms with van der Waals surface area (Å²) in [7, 11) is 0. The van der Waals surface area contributed by atoms with Crippen LogP contribution in [0.3, 0.4) is 0 Å². The summed E-state index contributed by atoms with van der Waals surface area (Å²) in [6, 6.07) is 4.69. The van der Waals surface area contributed by atoms with E-state index in [1.165, 1.54) is 0 Å². The molecule has 1 N–H and O–H groups in total. The van der Waals surface area contributed by atoms with E-state index >= 15 is 0 Å². The van der Waals surface area contributed by atoms with Crippen LogP contribution in [-0.2, 0) is 9.53 Å². The highest BCUT2D eigenvalue weighted by molar-refractivity contribution is 5.78. The fourth-order valence-corrected chi connectivity index (χ4v) is 3.91. The highest BCUT2D eigenvalue weighted by Crippen LogP contribution is 2.27. The SMILES string of the molecule is CC(C)N1CCC(Oc2cnc3[nH]c(C4CN(C=O)CCO4)cc3c2)CC1. The molecule has 7 nitrogen and oxygen atoms in total. The number of piperidine rings is 1. The number of nitrogens with zero attached hydrogens (tertiary/aromatic N) is 3.